The third-order valence-electron chi connectivity index (χ3n) is 5.37. The molecule has 0 saturated heterocycles. The van der Waals surface area contributed by atoms with Crippen LogP contribution in [0.25, 0.3) is 0 Å². The van der Waals surface area contributed by atoms with E-state index in [-0.39, 0.29) is 17.9 Å². The molecular formula is C24H32N2O2. The number of aryl methyl sites for hydroxylation is 2. The van der Waals surface area contributed by atoms with E-state index >= 15 is 0 Å². The molecule has 0 heterocycles. The van der Waals surface area contributed by atoms with Gasteiger partial charge in [-0.25, -0.2) is 0 Å². The van der Waals surface area contributed by atoms with Crippen molar-refractivity contribution in [3.05, 3.63) is 70.8 Å². The Labute approximate surface area is 169 Å². The van der Waals surface area contributed by atoms with Gasteiger partial charge in [0.1, 0.15) is 6.04 Å². The zero-order valence-electron chi connectivity index (χ0n) is 17.7. The van der Waals surface area contributed by atoms with Crippen LogP contribution in [0.5, 0.6) is 0 Å². The largest absolute Gasteiger partial charge is 0.352 e. The molecule has 2 rings (SSSR count). The summed E-state index contributed by atoms with van der Waals surface area (Å²) in [5, 5.41) is 3.01. The Morgan fingerprint density at radius 2 is 1.46 bits per heavy atom. The summed E-state index contributed by atoms with van der Waals surface area (Å²) in [4.78, 5) is 27.7. The first-order valence-corrected chi connectivity index (χ1v) is 10.0. The molecule has 0 unspecified atom stereocenters. The summed E-state index contributed by atoms with van der Waals surface area (Å²) in [6, 6.07) is 15.4. The molecule has 0 aromatic heterocycles. The van der Waals surface area contributed by atoms with Crippen molar-refractivity contribution < 1.29 is 9.59 Å². The van der Waals surface area contributed by atoms with Crippen LogP contribution in [0, 0.1) is 13.8 Å². The summed E-state index contributed by atoms with van der Waals surface area (Å²) >= 11 is 0. The average molecular weight is 381 g/mol. The van der Waals surface area contributed by atoms with E-state index in [1.54, 1.807) is 4.90 Å². The third-order valence-corrected chi connectivity index (χ3v) is 5.37. The Bertz CT molecular complexity index is 816. The number of rotatable bonds is 8. The number of amides is 2. The second-order valence-corrected chi connectivity index (χ2v) is 7.55. The predicted molar refractivity (Wildman–Crippen MR) is 114 cm³/mol. The molecule has 150 valence electrons. The molecule has 4 heteroatoms. The Morgan fingerprint density at radius 3 is 2.00 bits per heavy atom. The molecule has 2 aromatic rings. The van der Waals surface area contributed by atoms with Crippen molar-refractivity contribution >= 4 is 11.8 Å². The molecule has 0 bridgehead atoms. The molecule has 2 amide bonds. The van der Waals surface area contributed by atoms with Crippen molar-refractivity contribution in [2.24, 2.45) is 0 Å². The summed E-state index contributed by atoms with van der Waals surface area (Å²) in [5.74, 6) is -0.148. The second-order valence-electron chi connectivity index (χ2n) is 7.55. The number of carbonyl (C=O) groups is 2. The number of hydrogen-bond acceptors (Lipinski definition) is 2. The Morgan fingerprint density at radius 1 is 0.929 bits per heavy atom. The lowest BCUT2D eigenvalue weighted by atomic mass is 10.0. The maximum Gasteiger partial charge on any atom is 0.242 e. The number of carbonyl (C=O) groups excluding carboxylic acids is 2. The monoisotopic (exact) mass is 380 g/mol. The molecule has 0 saturated carbocycles. The SMILES string of the molecule is CC[C@@H](C)NC(=O)[C@@H](C)N(Cc1ccccc1C)C(=O)Cc1ccccc1C. The van der Waals surface area contributed by atoms with Crippen molar-refractivity contribution in [1.29, 1.82) is 0 Å². The third kappa shape index (κ3) is 5.69. The smallest absolute Gasteiger partial charge is 0.242 e. The summed E-state index contributed by atoms with van der Waals surface area (Å²) in [7, 11) is 0. The van der Waals surface area contributed by atoms with Crippen LogP contribution in [0.2, 0.25) is 0 Å². The average Bonchev–Trinajstić information content (AvgIpc) is 2.68. The van der Waals surface area contributed by atoms with E-state index in [0.29, 0.717) is 13.0 Å². The van der Waals surface area contributed by atoms with Crippen molar-refractivity contribution in [2.45, 2.75) is 66.1 Å². The summed E-state index contributed by atoms with van der Waals surface area (Å²) < 4.78 is 0. The number of nitrogens with one attached hydrogen (secondary N) is 1. The van der Waals surface area contributed by atoms with E-state index < -0.39 is 6.04 Å². The highest BCUT2D eigenvalue weighted by atomic mass is 16.2. The van der Waals surface area contributed by atoms with Gasteiger partial charge in [-0.05, 0) is 56.4 Å². The lowest BCUT2D eigenvalue weighted by Crippen LogP contribution is -2.50. The molecule has 0 aliphatic rings. The lowest BCUT2D eigenvalue weighted by Gasteiger charge is -2.30. The lowest BCUT2D eigenvalue weighted by molar-refractivity contribution is -0.140. The van der Waals surface area contributed by atoms with Gasteiger partial charge < -0.3 is 10.2 Å². The van der Waals surface area contributed by atoms with Gasteiger partial charge in [-0.15, -0.1) is 0 Å². The van der Waals surface area contributed by atoms with E-state index in [1.807, 2.05) is 83.1 Å². The topological polar surface area (TPSA) is 49.4 Å². The van der Waals surface area contributed by atoms with Crippen LogP contribution in [0.1, 0.15) is 49.4 Å². The fraction of sp³-hybridized carbons (Fsp3) is 0.417. The van der Waals surface area contributed by atoms with Gasteiger partial charge in [0, 0.05) is 12.6 Å². The minimum atomic E-state index is -0.537. The Hall–Kier alpha value is -2.62. The van der Waals surface area contributed by atoms with Gasteiger partial charge in [-0.1, -0.05) is 55.5 Å². The number of hydrogen-bond donors (Lipinski definition) is 1. The van der Waals surface area contributed by atoms with E-state index in [0.717, 1.165) is 28.7 Å². The molecular weight excluding hydrogens is 348 g/mol. The van der Waals surface area contributed by atoms with Crippen LogP contribution >= 0.6 is 0 Å². The van der Waals surface area contributed by atoms with Gasteiger partial charge in [0.2, 0.25) is 11.8 Å². The summed E-state index contributed by atoms with van der Waals surface area (Å²) in [6.07, 6.45) is 1.15. The van der Waals surface area contributed by atoms with Crippen molar-refractivity contribution in [3.63, 3.8) is 0 Å². The van der Waals surface area contributed by atoms with Crippen LogP contribution < -0.4 is 5.32 Å². The first kappa shape index (κ1) is 21.7. The fourth-order valence-corrected chi connectivity index (χ4v) is 3.09. The number of nitrogens with zero attached hydrogens (tertiary/aromatic N) is 1. The van der Waals surface area contributed by atoms with Gasteiger partial charge in [-0.3, -0.25) is 9.59 Å². The molecule has 0 aliphatic carbocycles. The van der Waals surface area contributed by atoms with Gasteiger partial charge in [-0.2, -0.15) is 0 Å². The zero-order valence-corrected chi connectivity index (χ0v) is 17.7. The summed E-state index contributed by atoms with van der Waals surface area (Å²) in [5.41, 5.74) is 4.26. The highest BCUT2D eigenvalue weighted by molar-refractivity contribution is 5.88. The van der Waals surface area contributed by atoms with Crippen LogP contribution in [0.15, 0.2) is 48.5 Å². The van der Waals surface area contributed by atoms with E-state index in [9.17, 15) is 9.59 Å². The molecule has 4 nitrogen and oxygen atoms in total. The highest BCUT2D eigenvalue weighted by Crippen LogP contribution is 2.16. The highest BCUT2D eigenvalue weighted by Gasteiger charge is 2.27. The maximum absolute atomic E-state index is 13.2. The molecule has 0 radical (unpaired) electrons. The molecule has 2 atom stereocenters. The molecule has 0 spiro atoms. The Balaban J connectivity index is 2.26. The first-order chi connectivity index (χ1) is 13.3. The first-order valence-electron chi connectivity index (χ1n) is 10.0. The molecule has 0 aliphatic heterocycles. The van der Waals surface area contributed by atoms with Crippen molar-refractivity contribution in [1.82, 2.24) is 10.2 Å². The van der Waals surface area contributed by atoms with Crippen molar-refractivity contribution in [3.8, 4) is 0 Å². The second kappa shape index (κ2) is 10.1. The molecule has 28 heavy (non-hydrogen) atoms. The quantitative estimate of drug-likeness (QED) is 0.747. The van der Waals surface area contributed by atoms with Gasteiger partial charge in [0.05, 0.1) is 6.42 Å². The van der Waals surface area contributed by atoms with Crippen molar-refractivity contribution in [2.75, 3.05) is 0 Å². The van der Waals surface area contributed by atoms with Gasteiger partial charge >= 0.3 is 0 Å². The van der Waals surface area contributed by atoms with E-state index in [2.05, 4.69) is 5.32 Å². The normalized spacial score (nSPS) is 12.9. The van der Waals surface area contributed by atoms with Gasteiger partial charge in [0.25, 0.3) is 0 Å². The van der Waals surface area contributed by atoms with E-state index in [1.165, 1.54) is 0 Å². The number of benzene rings is 2. The molecule has 0 fully saturated rings. The maximum atomic E-state index is 13.2. The van der Waals surface area contributed by atoms with Crippen LogP contribution in [-0.2, 0) is 22.6 Å². The minimum absolute atomic E-state index is 0.0376. The standard InChI is InChI=1S/C24H32N2O2/c1-6-19(4)25-24(28)20(5)26(16-22-14-10-8-12-18(22)3)23(27)15-21-13-9-7-11-17(21)2/h7-14,19-20H,6,15-16H2,1-5H3,(H,25,28)/t19-,20-/m1/s1. The van der Waals surface area contributed by atoms with Crippen LogP contribution in [-0.4, -0.2) is 28.8 Å². The van der Waals surface area contributed by atoms with Crippen LogP contribution in [0.4, 0.5) is 0 Å². The van der Waals surface area contributed by atoms with Gasteiger partial charge in [0.15, 0.2) is 0 Å². The zero-order chi connectivity index (χ0) is 20.7. The van der Waals surface area contributed by atoms with Crippen LogP contribution in [0.3, 0.4) is 0 Å². The molecule has 2 aromatic carbocycles. The minimum Gasteiger partial charge on any atom is -0.352 e. The fourth-order valence-electron chi connectivity index (χ4n) is 3.09. The predicted octanol–water partition coefficient (Wildman–Crippen LogP) is 4.18. The molecule has 1 N–H and O–H groups in total. The Kier molecular flexibility index (Phi) is 7.80. The summed E-state index contributed by atoms with van der Waals surface area (Å²) in [6.45, 7) is 10.3. The van der Waals surface area contributed by atoms with E-state index in [4.69, 9.17) is 0 Å².